The Labute approximate surface area is 124 Å². The number of aromatic nitrogens is 3. The van der Waals surface area contributed by atoms with Gasteiger partial charge in [0.1, 0.15) is 5.82 Å². The molecule has 118 valence electrons. The number of alkyl halides is 3. The van der Waals surface area contributed by atoms with E-state index in [0.29, 0.717) is 5.69 Å². The lowest BCUT2D eigenvalue weighted by Crippen LogP contribution is -2.15. The molecule has 0 bridgehead atoms. The number of pyridine rings is 1. The highest BCUT2D eigenvalue weighted by atomic mass is 19.4. The minimum Gasteiger partial charge on any atom is -0.395 e. The van der Waals surface area contributed by atoms with Crippen LogP contribution in [0.25, 0.3) is 0 Å². The molecule has 0 saturated carbocycles. The highest BCUT2D eigenvalue weighted by Gasteiger charge is 2.33. The summed E-state index contributed by atoms with van der Waals surface area (Å²) in [6, 6.07) is 6.09. The highest BCUT2D eigenvalue weighted by Crippen LogP contribution is 2.29. The summed E-state index contributed by atoms with van der Waals surface area (Å²) >= 11 is 0. The van der Waals surface area contributed by atoms with Gasteiger partial charge in [-0.2, -0.15) is 18.2 Å². The molecule has 6 nitrogen and oxygen atoms in total. The van der Waals surface area contributed by atoms with E-state index < -0.39 is 11.9 Å². The van der Waals surface area contributed by atoms with Crippen molar-refractivity contribution in [3.63, 3.8) is 0 Å². The van der Waals surface area contributed by atoms with Crippen molar-refractivity contribution in [2.45, 2.75) is 12.7 Å². The van der Waals surface area contributed by atoms with Gasteiger partial charge in [0.2, 0.25) is 5.95 Å². The van der Waals surface area contributed by atoms with E-state index in [1.54, 1.807) is 24.4 Å². The summed E-state index contributed by atoms with van der Waals surface area (Å²) in [6.07, 6.45) is -2.99. The van der Waals surface area contributed by atoms with Crippen LogP contribution in [0.3, 0.4) is 0 Å². The van der Waals surface area contributed by atoms with Gasteiger partial charge >= 0.3 is 6.18 Å². The predicted octanol–water partition coefficient (Wildman–Crippen LogP) is 1.91. The van der Waals surface area contributed by atoms with Gasteiger partial charge in [-0.1, -0.05) is 6.07 Å². The third-order valence-electron chi connectivity index (χ3n) is 2.59. The Bertz CT molecular complexity index is 606. The van der Waals surface area contributed by atoms with Crippen molar-refractivity contribution in [3.8, 4) is 0 Å². The van der Waals surface area contributed by atoms with E-state index in [0.717, 1.165) is 6.07 Å². The normalized spacial score (nSPS) is 11.3. The van der Waals surface area contributed by atoms with Gasteiger partial charge in [0.25, 0.3) is 0 Å². The van der Waals surface area contributed by atoms with Gasteiger partial charge < -0.3 is 15.7 Å². The predicted molar refractivity (Wildman–Crippen MR) is 74.2 cm³/mol. The molecule has 2 heterocycles. The minimum atomic E-state index is -4.58. The summed E-state index contributed by atoms with van der Waals surface area (Å²) in [7, 11) is 0. The number of aliphatic hydroxyl groups is 1. The molecule has 0 fully saturated rings. The van der Waals surface area contributed by atoms with E-state index in [9.17, 15) is 13.2 Å². The van der Waals surface area contributed by atoms with Crippen molar-refractivity contribution in [3.05, 3.63) is 41.9 Å². The molecule has 0 amide bonds. The molecule has 0 saturated heterocycles. The summed E-state index contributed by atoms with van der Waals surface area (Å²) in [5.41, 5.74) is -0.397. The van der Waals surface area contributed by atoms with Crippen LogP contribution in [0, 0.1) is 0 Å². The molecular formula is C13H14F3N5O. The van der Waals surface area contributed by atoms with E-state index in [1.165, 1.54) is 0 Å². The maximum atomic E-state index is 12.8. The van der Waals surface area contributed by atoms with Crippen LogP contribution in [0.5, 0.6) is 0 Å². The summed E-state index contributed by atoms with van der Waals surface area (Å²) in [5, 5.41) is 14.0. The Kier molecular flexibility index (Phi) is 5.10. The lowest BCUT2D eigenvalue weighted by molar-refractivity contribution is -0.141. The standard InChI is InChI=1S/C13H14F3N5O/c14-13(15,16)10-7-11(21-12(20-10)18-5-6-22)19-8-9-3-1-2-4-17-9/h1-4,7,22H,5-6,8H2,(H2,18,19,20,21). The van der Waals surface area contributed by atoms with Gasteiger partial charge in [-0.05, 0) is 12.1 Å². The van der Waals surface area contributed by atoms with Crippen LogP contribution in [-0.2, 0) is 12.7 Å². The van der Waals surface area contributed by atoms with E-state index in [4.69, 9.17) is 5.11 Å². The number of anilines is 2. The second-order valence-corrected chi connectivity index (χ2v) is 4.28. The molecule has 3 N–H and O–H groups in total. The molecule has 2 aromatic rings. The van der Waals surface area contributed by atoms with Crippen LogP contribution >= 0.6 is 0 Å². The van der Waals surface area contributed by atoms with E-state index >= 15 is 0 Å². The molecule has 0 unspecified atom stereocenters. The fraction of sp³-hybridized carbons (Fsp3) is 0.308. The van der Waals surface area contributed by atoms with Crippen LogP contribution in [0.1, 0.15) is 11.4 Å². The maximum absolute atomic E-state index is 12.8. The van der Waals surface area contributed by atoms with Crippen molar-refractivity contribution in [1.82, 2.24) is 15.0 Å². The molecule has 0 spiro atoms. The zero-order chi connectivity index (χ0) is 16.0. The molecule has 0 aliphatic heterocycles. The van der Waals surface area contributed by atoms with E-state index in [2.05, 4.69) is 25.6 Å². The van der Waals surface area contributed by atoms with Crippen LogP contribution in [0.15, 0.2) is 30.5 Å². The topological polar surface area (TPSA) is 83.0 Å². The quantitative estimate of drug-likeness (QED) is 0.755. The average Bonchev–Trinajstić information content (AvgIpc) is 2.51. The largest absolute Gasteiger partial charge is 0.433 e. The van der Waals surface area contributed by atoms with Crippen molar-refractivity contribution >= 4 is 11.8 Å². The maximum Gasteiger partial charge on any atom is 0.433 e. The molecular weight excluding hydrogens is 299 g/mol. The Morgan fingerprint density at radius 3 is 2.59 bits per heavy atom. The van der Waals surface area contributed by atoms with Crippen molar-refractivity contribution in [1.29, 1.82) is 0 Å². The van der Waals surface area contributed by atoms with E-state index in [-0.39, 0.29) is 31.5 Å². The van der Waals surface area contributed by atoms with Crippen LogP contribution in [0.2, 0.25) is 0 Å². The first-order valence-corrected chi connectivity index (χ1v) is 6.44. The zero-order valence-corrected chi connectivity index (χ0v) is 11.4. The first-order chi connectivity index (χ1) is 10.5. The van der Waals surface area contributed by atoms with Gasteiger partial charge in [-0.3, -0.25) is 4.98 Å². The number of aliphatic hydroxyl groups excluding tert-OH is 1. The molecule has 9 heteroatoms. The fourth-order valence-corrected chi connectivity index (χ4v) is 1.61. The third kappa shape index (κ3) is 4.55. The second-order valence-electron chi connectivity index (χ2n) is 4.28. The molecule has 2 aromatic heterocycles. The lowest BCUT2D eigenvalue weighted by atomic mass is 10.3. The van der Waals surface area contributed by atoms with Gasteiger partial charge in [0.05, 0.1) is 18.8 Å². The molecule has 2 rings (SSSR count). The van der Waals surface area contributed by atoms with Gasteiger partial charge in [-0.15, -0.1) is 0 Å². The monoisotopic (exact) mass is 313 g/mol. The molecule has 0 aliphatic rings. The first-order valence-electron chi connectivity index (χ1n) is 6.44. The van der Waals surface area contributed by atoms with Crippen LogP contribution in [0.4, 0.5) is 24.9 Å². The Hall–Kier alpha value is -2.42. The smallest absolute Gasteiger partial charge is 0.395 e. The van der Waals surface area contributed by atoms with Gasteiger partial charge in [0.15, 0.2) is 5.69 Å². The summed E-state index contributed by atoms with van der Waals surface area (Å²) < 4.78 is 38.5. The van der Waals surface area contributed by atoms with Crippen LogP contribution in [-0.4, -0.2) is 33.2 Å². The summed E-state index contributed by atoms with van der Waals surface area (Å²) in [4.78, 5) is 11.4. The van der Waals surface area contributed by atoms with Crippen molar-refractivity contribution < 1.29 is 18.3 Å². The number of nitrogens with one attached hydrogen (secondary N) is 2. The van der Waals surface area contributed by atoms with E-state index in [1.807, 2.05) is 0 Å². The van der Waals surface area contributed by atoms with Crippen LogP contribution < -0.4 is 10.6 Å². The fourth-order valence-electron chi connectivity index (χ4n) is 1.61. The lowest BCUT2D eigenvalue weighted by Gasteiger charge is -2.12. The van der Waals surface area contributed by atoms with Gasteiger partial charge in [-0.25, -0.2) is 4.98 Å². The Balaban J connectivity index is 2.18. The average molecular weight is 313 g/mol. The minimum absolute atomic E-state index is 0.0217. The number of halogens is 3. The van der Waals surface area contributed by atoms with Gasteiger partial charge in [0, 0.05) is 18.8 Å². The molecule has 0 radical (unpaired) electrons. The summed E-state index contributed by atoms with van der Waals surface area (Å²) in [6.45, 7) is 0.0475. The number of rotatable bonds is 6. The van der Waals surface area contributed by atoms with Crippen molar-refractivity contribution in [2.75, 3.05) is 23.8 Å². The number of hydrogen-bond donors (Lipinski definition) is 3. The number of nitrogens with zero attached hydrogens (tertiary/aromatic N) is 3. The zero-order valence-electron chi connectivity index (χ0n) is 11.4. The Morgan fingerprint density at radius 1 is 1.14 bits per heavy atom. The third-order valence-corrected chi connectivity index (χ3v) is 2.59. The Morgan fingerprint density at radius 2 is 1.95 bits per heavy atom. The summed E-state index contributed by atoms with van der Waals surface area (Å²) in [5.74, 6) is -0.180. The molecule has 0 atom stereocenters. The molecule has 0 aliphatic carbocycles. The highest BCUT2D eigenvalue weighted by molar-refractivity contribution is 5.43. The first kappa shape index (κ1) is 16.0. The molecule has 22 heavy (non-hydrogen) atoms. The van der Waals surface area contributed by atoms with Crippen molar-refractivity contribution in [2.24, 2.45) is 0 Å². The SMILES string of the molecule is OCCNc1nc(NCc2ccccn2)cc(C(F)(F)F)n1. The molecule has 0 aromatic carbocycles. The second kappa shape index (κ2) is 7.03. The number of hydrogen-bond acceptors (Lipinski definition) is 6.